The van der Waals surface area contributed by atoms with E-state index >= 15 is 0 Å². The number of aliphatic hydroxyl groups excluding tert-OH is 1. The second-order valence-electron chi connectivity index (χ2n) is 6.09. The SMILES string of the molecule is Cc1cc(C)cc(N2CC(O)=C(c3nc4ccccc4s3)C2=N)c1. The number of fused-ring (bicyclic) bond motifs is 1. The maximum Gasteiger partial charge on any atom is 0.139 e. The van der Waals surface area contributed by atoms with Gasteiger partial charge in [-0.3, -0.25) is 5.41 Å². The summed E-state index contributed by atoms with van der Waals surface area (Å²) in [4.78, 5) is 6.42. The second-order valence-corrected chi connectivity index (χ2v) is 7.12. The van der Waals surface area contributed by atoms with E-state index in [0.717, 1.165) is 27.0 Å². The van der Waals surface area contributed by atoms with Crippen molar-refractivity contribution in [1.82, 2.24) is 4.98 Å². The number of aromatic nitrogens is 1. The Hall–Kier alpha value is -2.66. The van der Waals surface area contributed by atoms with Crippen LogP contribution in [0.5, 0.6) is 0 Å². The maximum atomic E-state index is 10.5. The topological polar surface area (TPSA) is 60.2 Å². The van der Waals surface area contributed by atoms with Gasteiger partial charge in [0.25, 0.3) is 0 Å². The van der Waals surface area contributed by atoms with E-state index in [2.05, 4.69) is 11.1 Å². The highest BCUT2D eigenvalue weighted by atomic mass is 32.1. The number of aliphatic hydroxyl groups is 1. The number of hydrogen-bond acceptors (Lipinski definition) is 4. The van der Waals surface area contributed by atoms with Crippen LogP contribution in [0.15, 0.2) is 48.2 Å². The van der Waals surface area contributed by atoms with Crippen molar-refractivity contribution < 1.29 is 5.11 Å². The molecular formula is C19H17N3OS. The standard InChI is InChI=1S/C19H17N3OS/c1-11-7-12(2)9-13(8-11)22-10-15(23)17(18(22)20)19-21-14-5-3-4-6-16(14)24-19/h3-9,20,23H,10H2,1-2H3. The van der Waals surface area contributed by atoms with E-state index in [0.29, 0.717) is 23.0 Å². The molecular weight excluding hydrogens is 318 g/mol. The lowest BCUT2D eigenvalue weighted by atomic mass is 10.1. The first kappa shape index (κ1) is 14.9. The highest BCUT2D eigenvalue weighted by Crippen LogP contribution is 2.35. The minimum atomic E-state index is 0.207. The quantitative estimate of drug-likeness (QED) is 0.715. The zero-order valence-electron chi connectivity index (χ0n) is 13.5. The minimum absolute atomic E-state index is 0.207. The predicted octanol–water partition coefficient (Wildman–Crippen LogP) is 4.68. The van der Waals surface area contributed by atoms with Gasteiger partial charge in [-0.1, -0.05) is 18.2 Å². The van der Waals surface area contributed by atoms with Gasteiger partial charge < -0.3 is 10.0 Å². The van der Waals surface area contributed by atoms with Gasteiger partial charge in [0.1, 0.15) is 16.6 Å². The third-order valence-corrected chi connectivity index (χ3v) is 5.18. The molecule has 0 radical (unpaired) electrons. The molecule has 2 heterocycles. The molecule has 3 aromatic rings. The van der Waals surface area contributed by atoms with Crippen LogP contribution in [0.1, 0.15) is 16.1 Å². The Bertz CT molecular complexity index is 950. The molecule has 0 unspecified atom stereocenters. The van der Waals surface area contributed by atoms with Gasteiger partial charge >= 0.3 is 0 Å². The van der Waals surface area contributed by atoms with Gasteiger partial charge in [0.15, 0.2) is 0 Å². The lowest BCUT2D eigenvalue weighted by Gasteiger charge is -2.19. The Morgan fingerprint density at radius 3 is 2.54 bits per heavy atom. The molecule has 1 aliphatic heterocycles. The molecule has 1 aromatic heterocycles. The Morgan fingerprint density at radius 2 is 1.83 bits per heavy atom. The third-order valence-electron chi connectivity index (χ3n) is 4.13. The molecule has 0 saturated carbocycles. The number of hydrogen-bond donors (Lipinski definition) is 2. The van der Waals surface area contributed by atoms with E-state index in [-0.39, 0.29) is 5.76 Å². The normalized spacial score (nSPS) is 14.9. The van der Waals surface area contributed by atoms with Crippen LogP contribution in [0, 0.1) is 19.3 Å². The second kappa shape index (κ2) is 5.46. The van der Waals surface area contributed by atoms with Gasteiger partial charge in [-0.25, -0.2) is 4.98 Å². The zero-order chi connectivity index (χ0) is 16.8. The molecule has 0 saturated heterocycles. The summed E-state index contributed by atoms with van der Waals surface area (Å²) in [6, 6.07) is 14.1. The molecule has 5 heteroatoms. The van der Waals surface area contributed by atoms with Crippen molar-refractivity contribution in [3.63, 3.8) is 0 Å². The lowest BCUT2D eigenvalue weighted by molar-refractivity contribution is 0.411. The van der Waals surface area contributed by atoms with E-state index < -0.39 is 0 Å². The van der Waals surface area contributed by atoms with Gasteiger partial charge in [0, 0.05) is 5.69 Å². The molecule has 0 spiro atoms. The minimum Gasteiger partial charge on any atom is -0.510 e. The Morgan fingerprint density at radius 1 is 1.12 bits per heavy atom. The number of nitrogens with one attached hydrogen (secondary N) is 1. The van der Waals surface area contributed by atoms with Gasteiger partial charge in [0.05, 0.1) is 22.3 Å². The van der Waals surface area contributed by atoms with Crippen molar-refractivity contribution in [3.05, 3.63) is 64.4 Å². The van der Waals surface area contributed by atoms with Gasteiger partial charge in [-0.05, 0) is 49.2 Å². The number of amidine groups is 1. The van der Waals surface area contributed by atoms with Gasteiger partial charge in [-0.2, -0.15) is 0 Å². The highest BCUT2D eigenvalue weighted by molar-refractivity contribution is 7.19. The summed E-state index contributed by atoms with van der Waals surface area (Å²) >= 11 is 1.51. The van der Waals surface area contributed by atoms with Crippen LogP contribution >= 0.6 is 11.3 Å². The number of rotatable bonds is 2. The van der Waals surface area contributed by atoms with Crippen molar-refractivity contribution in [2.75, 3.05) is 11.4 Å². The van der Waals surface area contributed by atoms with Crippen molar-refractivity contribution in [3.8, 4) is 0 Å². The van der Waals surface area contributed by atoms with Crippen LogP contribution in [-0.2, 0) is 0 Å². The Balaban J connectivity index is 1.75. The number of nitrogens with zero attached hydrogens (tertiary/aromatic N) is 2. The molecule has 1 aliphatic rings. The van der Waals surface area contributed by atoms with E-state index in [4.69, 9.17) is 5.41 Å². The summed E-state index contributed by atoms with van der Waals surface area (Å²) in [5.41, 5.74) is 4.66. The molecule has 0 atom stereocenters. The molecule has 0 fully saturated rings. The average molecular weight is 335 g/mol. The molecule has 4 rings (SSSR count). The molecule has 24 heavy (non-hydrogen) atoms. The number of aryl methyl sites for hydroxylation is 2. The van der Waals surface area contributed by atoms with Crippen molar-refractivity contribution in [1.29, 1.82) is 5.41 Å². The lowest BCUT2D eigenvalue weighted by Crippen LogP contribution is -2.26. The first-order chi connectivity index (χ1) is 11.5. The summed E-state index contributed by atoms with van der Waals surface area (Å²) in [6.45, 7) is 4.39. The van der Waals surface area contributed by atoms with E-state index in [9.17, 15) is 5.11 Å². The Labute approximate surface area is 144 Å². The molecule has 2 aromatic carbocycles. The van der Waals surface area contributed by atoms with E-state index in [1.54, 1.807) is 0 Å². The first-order valence-corrected chi connectivity index (χ1v) is 8.57. The average Bonchev–Trinajstić information content (AvgIpc) is 3.06. The molecule has 0 amide bonds. The molecule has 0 bridgehead atoms. The summed E-state index contributed by atoms with van der Waals surface area (Å²) in [5.74, 6) is 0.509. The number of thiazole rings is 1. The van der Waals surface area contributed by atoms with Gasteiger partial charge in [0.2, 0.25) is 0 Å². The summed E-state index contributed by atoms with van der Waals surface area (Å²) < 4.78 is 1.06. The molecule has 2 N–H and O–H groups in total. The molecule has 120 valence electrons. The monoisotopic (exact) mass is 335 g/mol. The van der Waals surface area contributed by atoms with E-state index in [1.165, 1.54) is 11.3 Å². The van der Waals surface area contributed by atoms with Crippen LogP contribution in [0.25, 0.3) is 15.8 Å². The maximum absolute atomic E-state index is 10.5. The fraction of sp³-hybridized carbons (Fsp3) is 0.158. The smallest absolute Gasteiger partial charge is 0.139 e. The Kier molecular flexibility index (Phi) is 3.39. The van der Waals surface area contributed by atoms with Crippen LogP contribution in [0.3, 0.4) is 0 Å². The van der Waals surface area contributed by atoms with Crippen molar-refractivity contribution >= 4 is 38.6 Å². The number of anilines is 1. The van der Waals surface area contributed by atoms with Crippen LogP contribution in [-0.4, -0.2) is 22.5 Å². The number of para-hydroxylation sites is 1. The fourth-order valence-corrected chi connectivity index (χ4v) is 4.14. The van der Waals surface area contributed by atoms with E-state index in [1.807, 2.05) is 55.1 Å². The summed E-state index contributed by atoms with van der Waals surface area (Å²) in [7, 11) is 0. The molecule has 4 nitrogen and oxygen atoms in total. The van der Waals surface area contributed by atoms with Gasteiger partial charge in [-0.15, -0.1) is 11.3 Å². The van der Waals surface area contributed by atoms with Crippen LogP contribution in [0.4, 0.5) is 5.69 Å². The fourth-order valence-electron chi connectivity index (χ4n) is 3.11. The molecule has 0 aliphatic carbocycles. The van der Waals surface area contributed by atoms with Crippen molar-refractivity contribution in [2.45, 2.75) is 13.8 Å². The van der Waals surface area contributed by atoms with Crippen molar-refractivity contribution in [2.24, 2.45) is 0 Å². The third kappa shape index (κ3) is 2.37. The highest BCUT2D eigenvalue weighted by Gasteiger charge is 2.31. The van der Waals surface area contributed by atoms with Crippen LogP contribution < -0.4 is 4.90 Å². The van der Waals surface area contributed by atoms with Crippen LogP contribution in [0.2, 0.25) is 0 Å². The summed E-state index contributed by atoms with van der Waals surface area (Å²) in [6.07, 6.45) is 0. The predicted molar refractivity (Wildman–Crippen MR) is 100 cm³/mol. The zero-order valence-corrected chi connectivity index (χ0v) is 14.3. The summed E-state index contributed by atoms with van der Waals surface area (Å²) in [5, 5.41) is 19.7. The largest absolute Gasteiger partial charge is 0.510 e. The number of benzene rings is 2. The first-order valence-electron chi connectivity index (χ1n) is 7.76.